The van der Waals surface area contributed by atoms with Crippen molar-refractivity contribution in [3.8, 4) is 0 Å². The number of likely N-dealkylation sites (tertiary alicyclic amines) is 1. The van der Waals surface area contributed by atoms with Gasteiger partial charge in [0.25, 0.3) is 0 Å². The van der Waals surface area contributed by atoms with Crippen LogP contribution in [0.3, 0.4) is 0 Å². The van der Waals surface area contributed by atoms with Gasteiger partial charge < -0.3 is 15.0 Å². The van der Waals surface area contributed by atoms with Gasteiger partial charge in [0.15, 0.2) is 0 Å². The Morgan fingerprint density at radius 3 is 2.74 bits per heavy atom. The van der Waals surface area contributed by atoms with E-state index in [-0.39, 0.29) is 0 Å². The number of carbonyl (C=O) groups is 1. The van der Waals surface area contributed by atoms with Crippen LogP contribution in [0.15, 0.2) is 0 Å². The first-order valence-electron chi connectivity index (χ1n) is 7.92. The van der Waals surface area contributed by atoms with E-state index in [1.807, 2.05) is 4.90 Å². The summed E-state index contributed by atoms with van der Waals surface area (Å²) in [5.74, 6) is 0.324. The summed E-state index contributed by atoms with van der Waals surface area (Å²) in [6.07, 6.45) is 7.60. The quantitative estimate of drug-likeness (QED) is 0.800. The normalized spacial score (nSPS) is 24.9. The molecule has 0 spiro atoms. The van der Waals surface area contributed by atoms with Crippen molar-refractivity contribution in [3.63, 3.8) is 0 Å². The van der Waals surface area contributed by atoms with Gasteiger partial charge in [0, 0.05) is 32.2 Å². The minimum atomic E-state index is 0.324. The molecule has 0 aliphatic carbocycles. The smallest absolute Gasteiger partial charge is 0.222 e. The lowest BCUT2D eigenvalue weighted by Gasteiger charge is -2.32. The third-order valence-electron chi connectivity index (χ3n) is 4.23. The lowest BCUT2D eigenvalue weighted by atomic mass is 10.0. The average Bonchev–Trinajstić information content (AvgIpc) is 2.96. The lowest BCUT2D eigenvalue weighted by molar-refractivity contribution is -0.132. The number of hydrogen-bond donors (Lipinski definition) is 1. The average molecular weight is 268 g/mol. The van der Waals surface area contributed by atoms with E-state index in [0.717, 1.165) is 58.3 Å². The van der Waals surface area contributed by atoms with Gasteiger partial charge in [0.2, 0.25) is 5.91 Å². The molecule has 0 aromatic rings. The highest BCUT2D eigenvalue weighted by Gasteiger charge is 2.23. The van der Waals surface area contributed by atoms with Crippen LogP contribution in [0, 0.1) is 0 Å². The van der Waals surface area contributed by atoms with E-state index < -0.39 is 0 Å². The molecule has 2 aliphatic rings. The molecule has 0 aromatic heterocycles. The molecule has 0 bridgehead atoms. The van der Waals surface area contributed by atoms with Crippen LogP contribution in [0.1, 0.15) is 51.9 Å². The molecule has 0 radical (unpaired) electrons. The van der Waals surface area contributed by atoms with Crippen molar-refractivity contribution >= 4 is 5.91 Å². The van der Waals surface area contributed by atoms with Crippen molar-refractivity contribution in [3.05, 3.63) is 0 Å². The molecule has 110 valence electrons. The summed E-state index contributed by atoms with van der Waals surface area (Å²) < 4.78 is 5.57. The second-order valence-corrected chi connectivity index (χ2v) is 5.78. The van der Waals surface area contributed by atoms with Crippen LogP contribution < -0.4 is 5.32 Å². The summed E-state index contributed by atoms with van der Waals surface area (Å²) >= 11 is 0. The molecule has 2 fully saturated rings. The van der Waals surface area contributed by atoms with Crippen LogP contribution in [-0.4, -0.2) is 49.2 Å². The Balaban J connectivity index is 1.61. The van der Waals surface area contributed by atoms with Crippen LogP contribution in [0.4, 0.5) is 0 Å². The van der Waals surface area contributed by atoms with Crippen LogP contribution >= 0.6 is 0 Å². The monoisotopic (exact) mass is 268 g/mol. The number of piperidine rings is 1. The number of nitrogens with zero attached hydrogens (tertiary/aromatic N) is 1. The fourth-order valence-electron chi connectivity index (χ4n) is 3.00. The third-order valence-corrected chi connectivity index (χ3v) is 4.23. The topological polar surface area (TPSA) is 41.6 Å². The van der Waals surface area contributed by atoms with Gasteiger partial charge in [0.05, 0.1) is 6.10 Å². The molecule has 0 aromatic carbocycles. The SMILES string of the molecule is CCCNC1CCN(C(=O)CCC2CCCO2)CC1. The zero-order chi connectivity index (χ0) is 13.5. The van der Waals surface area contributed by atoms with E-state index in [1.54, 1.807) is 0 Å². The van der Waals surface area contributed by atoms with E-state index in [9.17, 15) is 4.79 Å². The molecule has 2 aliphatic heterocycles. The van der Waals surface area contributed by atoms with Crippen LogP contribution in [-0.2, 0) is 9.53 Å². The minimum Gasteiger partial charge on any atom is -0.378 e. The summed E-state index contributed by atoms with van der Waals surface area (Å²) in [5, 5.41) is 3.55. The second-order valence-electron chi connectivity index (χ2n) is 5.78. The molecule has 4 heteroatoms. The molecule has 0 saturated carbocycles. The molecule has 2 saturated heterocycles. The van der Waals surface area contributed by atoms with E-state index >= 15 is 0 Å². The molecule has 1 unspecified atom stereocenters. The molecular weight excluding hydrogens is 240 g/mol. The maximum atomic E-state index is 12.1. The maximum absolute atomic E-state index is 12.1. The van der Waals surface area contributed by atoms with Gasteiger partial charge in [0.1, 0.15) is 0 Å². The molecule has 1 N–H and O–H groups in total. The van der Waals surface area contributed by atoms with E-state index in [1.165, 1.54) is 6.42 Å². The van der Waals surface area contributed by atoms with Crippen molar-refractivity contribution in [2.45, 2.75) is 64.0 Å². The number of ether oxygens (including phenoxy) is 1. The first-order valence-corrected chi connectivity index (χ1v) is 7.92. The van der Waals surface area contributed by atoms with Crippen LogP contribution in [0.25, 0.3) is 0 Å². The number of hydrogen-bond acceptors (Lipinski definition) is 3. The molecule has 4 nitrogen and oxygen atoms in total. The molecular formula is C15H28N2O2. The summed E-state index contributed by atoms with van der Waals surface area (Å²) in [6, 6.07) is 0.613. The van der Waals surface area contributed by atoms with Gasteiger partial charge in [-0.05, 0) is 45.1 Å². The van der Waals surface area contributed by atoms with E-state index in [2.05, 4.69) is 12.2 Å². The van der Waals surface area contributed by atoms with Crippen molar-refractivity contribution in [1.29, 1.82) is 0 Å². The second kappa shape index (κ2) is 7.85. The van der Waals surface area contributed by atoms with Crippen molar-refractivity contribution in [2.75, 3.05) is 26.2 Å². The van der Waals surface area contributed by atoms with E-state index in [0.29, 0.717) is 24.5 Å². The summed E-state index contributed by atoms with van der Waals surface area (Å²) in [5.41, 5.74) is 0. The Labute approximate surface area is 116 Å². The molecule has 2 heterocycles. The number of amides is 1. The zero-order valence-electron chi connectivity index (χ0n) is 12.2. The predicted octanol–water partition coefficient (Wildman–Crippen LogP) is 1.94. The fraction of sp³-hybridized carbons (Fsp3) is 0.933. The Kier molecular flexibility index (Phi) is 6.11. The highest BCUT2D eigenvalue weighted by Crippen LogP contribution is 2.18. The van der Waals surface area contributed by atoms with Crippen molar-refractivity contribution in [2.24, 2.45) is 0 Å². The van der Waals surface area contributed by atoms with Crippen molar-refractivity contribution in [1.82, 2.24) is 10.2 Å². The van der Waals surface area contributed by atoms with Crippen LogP contribution in [0.5, 0.6) is 0 Å². The third kappa shape index (κ3) is 4.77. The molecule has 2 rings (SSSR count). The van der Waals surface area contributed by atoms with Gasteiger partial charge in [-0.3, -0.25) is 4.79 Å². The predicted molar refractivity (Wildman–Crippen MR) is 76.1 cm³/mol. The fourth-order valence-corrected chi connectivity index (χ4v) is 3.00. The Morgan fingerprint density at radius 1 is 1.32 bits per heavy atom. The summed E-state index contributed by atoms with van der Waals surface area (Å²) in [7, 11) is 0. The number of rotatable bonds is 6. The van der Waals surface area contributed by atoms with Gasteiger partial charge in [-0.15, -0.1) is 0 Å². The summed E-state index contributed by atoms with van der Waals surface area (Å²) in [6.45, 7) is 6.01. The zero-order valence-corrected chi connectivity index (χ0v) is 12.2. The largest absolute Gasteiger partial charge is 0.378 e. The van der Waals surface area contributed by atoms with Gasteiger partial charge >= 0.3 is 0 Å². The Bertz CT molecular complexity index is 269. The van der Waals surface area contributed by atoms with Crippen LogP contribution in [0.2, 0.25) is 0 Å². The highest BCUT2D eigenvalue weighted by atomic mass is 16.5. The number of nitrogens with one attached hydrogen (secondary N) is 1. The minimum absolute atomic E-state index is 0.324. The number of carbonyl (C=O) groups excluding carboxylic acids is 1. The summed E-state index contributed by atoms with van der Waals surface area (Å²) in [4.78, 5) is 14.2. The first-order chi connectivity index (χ1) is 9.29. The Morgan fingerprint density at radius 2 is 2.11 bits per heavy atom. The molecule has 1 amide bonds. The maximum Gasteiger partial charge on any atom is 0.222 e. The first kappa shape index (κ1) is 14.8. The highest BCUT2D eigenvalue weighted by molar-refractivity contribution is 5.76. The molecule has 19 heavy (non-hydrogen) atoms. The standard InChI is InChI=1S/C15H28N2O2/c1-2-9-16-13-7-10-17(11-8-13)15(18)6-5-14-4-3-12-19-14/h13-14,16H,2-12H2,1H3. The van der Waals surface area contributed by atoms with Gasteiger partial charge in [-0.2, -0.15) is 0 Å². The molecule has 1 atom stereocenters. The lowest BCUT2D eigenvalue weighted by Crippen LogP contribution is -2.45. The van der Waals surface area contributed by atoms with Gasteiger partial charge in [-0.25, -0.2) is 0 Å². The van der Waals surface area contributed by atoms with Crippen molar-refractivity contribution < 1.29 is 9.53 Å². The van der Waals surface area contributed by atoms with Gasteiger partial charge in [-0.1, -0.05) is 6.92 Å². The Hall–Kier alpha value is -0.610. The van der Waals surface area contributed by atoms with E-state index in [4.69, 9.17) is 4.74 Å².